The molecule has 0 bridgehead atoms. The Hall–Kier alpha value is -1.07. The molecule has 1 heterocycles. The van der Waals surface area contributed by atoms with Gasteiger partial charge in [-0.2, -0.15) is 0 Å². The van der Waals surface area contributed by atoms with E-state index in [-0.39, 0.29) is 11.8 Å². The predicted molar refractivity (Wildman–Crippen MR) is 83.5 cm³/mol. The summed E-state index contributed by atoms with van der Waals surface area (Å²) in [6.45, 7) is 5.81. The minimum atomic E-state index is -3.12. The third-order valence-electron chi connectivity index (χ3n) is 3.71. The van der Waals surface area contributed by atoms with Crippen LogP contribution in [0.15, 0.2) is 24.3 Å². The second-order valence-corrected chi connectivity index (χ2v) is 7.38. The molecule has 1 aromatic rings. The smallest absolute Gasteiger partial charge is 0.235 e. The highest BCUT2D eigenvalue weighted by Gasteiger charge is 2.26. The van der Waals surface area contributed by atoms with E-state index in [4.69, 9.17) is 0 Å². The lowest BCUT2D eigenvalue weighted by atomic mass is 10.1. The van der Waals surface area contributed by atoms with E-state index >= 15 is 0 Å². The molecular formula is C15H24N2O2S. The molecular weight excluding hydrogens is 272 g/mol. The highest BCUT2D eigenvalue weighted by atomic mass is 32.2. The second kappa shape index (κ2) is 6.59. The van der Waals surface area contributed by atoms with E-state index in [0.717, 1.165) is 37.1 Å². The zero-order valence-electron chi connectivity index (χ0n) is 12.3. The first kappa shape index (κ1) is 15.3. The molecule has 0 aliphatic carbocycles. The first-order chi connectivity index (χ1) is 9.54. The van der Waals surface area contributed by atoms with Gasteiger partial charge in [0, 0.05) is 12.6 Å². The average Bonchev–Trinajstić information content (AvgIpc) is 2.44. The van der Waals surface area contributed by atoms with Crippen molar-refractivity contribution in [1.82, 2.24) is 5.32 Å². The lowest BCUT2D eigenvalue weighted by molar-refractivity contribution is 0.568. The van der Waals surface area contributed by atoms with Crippen LogP contribution in [0.5, 0.6) is 0 Å². The molecule has 1 aliphatic rings. The number of sulfonamides is 1. The third-order valence-corrected chi connectivity index (χ3v) is 5.58. The Morgan fingerprint density at radius 3 is 2.85 bits per heavy atom. The maximum absolute atomic E-state index is 12.1. The minimum Gasteiger partial charge on any atom is -0.310 e. The van der Waals surface area contributed by atoms with E-state index in [1.807, 2.05) is 24.3 Å². The van der Waals surface area contributed by atoms with E-state index in [1.165, 1.54) is 0 Å². The molecule has 0 amide bonds. The minimum absolute atomic E-state index is 0.238. The van der Waals surface area contributed by atoms with Gasteiger partial charge in [-0.3, -0.25) is 4.31 Å². The quantitative estimate of drug-likeness (QED) is 0.909. The molecule has 2 rings (SSSR count). The second-order valence-electron chi connectivity index (χ2n) is 5.37. The fourth-order valence-electron chi connectivity index (χ4n) is 2.51. The molecule has 112 valence electrons. The van der Waals surface area contributed by atoms with Gasteiger partial charge in [-0.15, -0.1) is 0 Å². The summed E-state index contributed by atoms with van der Waals surface area (Å²) in [5, 5.41) is 3.43. The molecule has 0 spiro atoms. The fourth-order valence-corrected chi connectivity index (χ4v) is 4.14. The Morgan fingerprint density at radius 2 is 2.15 bits per heavy atom. The van der Waals surface area contributed by atoms with Crippen LogP contribution in [0.25, 0.3) is 0 Å². The molecule has 1 unspecified atom stereocenters. The van der Waals surface area contributed by atoms with Crippen molar-refractivity contribution >= 4 is 15.7 Å². The van der Waals surface area contributed by atoms with Crippen LogP contribution in [0.4, 0.5) is 5.69 Å². The fraction of sp³-hybridized carbons (Fsp3) is 0.600. The number of anilines is 1. The molecule has 20 heavy (non-hydrogen) atoms. The highest BCUT2D eigenvalue weighted by molar-refractivity contribution is 7.92. The molecule has 1 aromatic carbocycles. The van der Waals surface area contributed by atoms with E-state index in [1.54, 1.807) is 4.31 Å². The van der Waals surface area contributed by atoms with Gasteiger partial charge in [-0.1, -0.05) is 19.1 Å². The molecule has 1 N–H and O–H groups in total. The van der Waals surface area contributed by atoms with Crippen molar-refractivity contribution in [2.75, 3.05) is 23.1 Å². The summed E-state index contributed by atoms with van der Waals surface area (Å²) in [5.74, 6) is 0.265. The maximum atomic E-state index is 12.1. The number of hydrogen-bond acceptors (Lipinski definition) is 3. The zero-order chi connectivity index (χ0) is 14.6. The summed E-state index contributed by atoms with van der Waals surface area (Å²) in [4.78, 5) is 0. The standard InChI is InChI=1S/C15H24N2O2S/c1-3-9-16-13(2)14-7-6-8-15(12-14)17-10-4-5-11-20(17,18)19/h6-8,12-13,16H,3-5,9-11H2,1-2H3. The van der Waals surface area contributed by atoms with E-state index in [2.05, 4.69) is 19.2 Å². The van der Waals surface area contributed by atoms with Crippen molar-refractivity contribution in [2.24, 2.45) is 0 Å². The highest BCUT2D eigenvalue weighted by Crippen LogP contribution is 2.26. The lowest BCUT2D eigenvalue weighted by Crippen LogP contribution is -2.37. The monoisotopic (exact) mass is 296 g/mol. The molecule has 0 radical (unpaired) electrons. The average molecular weight is 296 g/mol. The molecule has 1 aliphatic heterocycles. The van der Waals surface area contributed by atoms with Crippen molar-refractivity contribution in [3.63, 3.8) is 0 Å². The van der Waals surface area contributed by atoms with Gasteiger partial charge < -0.3 is 5.32 Å². The molecule has 1 fully saturated rings. The summed E-state index contributed by atoms with van der Waals surface area (Å²) in [6.07, 6.45) is 2.80. The predicted octanol–water partition coefficient (Wildman–Crippen LogP) is 2.68. The van der Waals surface area contributed by atoms with Gasteiger partial charge >= 0.3 is 0 Å². The Labute approximate surface area is 122 Å². The first-order valence-corrected chi connectivity index (χ1v) is 8.99. The topological polar surface area (TPSA) is 49.4 Å². The summed E-state index contributed by atoms with van der Waals surface area (Å²) < 4.78 is 25.9. The Balaban J connectivity index is 2.21. The van der Waals surface area contributed by atoms with Crippen LogP contribution in [0.1, 0.15) is 44.7 Å². The first-order valence-electron chi connectivity index (χ1n) is 7.38. The van der Waals surface area contributed by atoms with E-state index in [9.17, 15) is 8.42 Å². The van der Waals surface area contributed by atoms with Gasteiger partial charge in [0.2, 0.25) is 10.0 Å². The Kier molecular flexibility index (Phi) is 5.05. The van der Waals surface area contributed by atoms with Crippen molar-refractivity contribution in [3.05, 3.63) is 29.8 Å². The van der Waals surface area contributed by atoms with Crippen LogP contribution < -0.4 is 9.62 Å². The normalized spacial score (nSPS) is 19.8. The van der Waals surface area contributed by atoms with E-state index < -0.39 is 10.0 Å². The number of rotatable bonds is 5. The summed E-state index contributed by atoms with van der Waals surface area (Å²) in [7, 11) is -3.12. The van der Waals surface area contributed by atoms with Crippen LogP contribution in [0, 0.1) is 0 Å². The lowest BCUT2D eigenvalue weighted by Gasteiger charge is -2.29. The maximum Gasteiger partial charge on any atom is 0.235 e. The van der Waals surface area contributed by atoms with Crippen LogP contribution in [-0.2, 0) is 10.0 Å². The SMILES string of the molecule is CCCNC(C)c1cccc(N2CCCCS2(=O)=O)c1. The molecule has 0 saturated carbocycles. The number of hydrogen-bond donors (Lipinski definition) is 1. The van der Waals surface area contributed by atoms with Crippen molar-refractivity contribution in [2.45, 2.75) is 39.2 Å². The Morgan fingerprint density at radius 1 is 1.35 bits per heavy atom. The third kappa shape index (κ3) is 3.52. The van der Waals surface area contributed by atoms with Gasteiger partial charge in [0.15, 0.2) is 0 Å². The van der Waals surface area contributed by atoms with Crippen LogP contribution in [-0.4, -0.2) is 27.3 Å². The van der Waals surface area contributed by atoms with Gasteiger partial charge in [0.05, 0.1) is 11.4 Å². The Bertz CT molecular complexity index is 543. The summed E-state index contributed by atoms with van der Waals surface area (Å²) in [5.41, 5.74) is 1.93. The van der Waals surface area contributed by atoms with E-state index in [0.29, 0.717) is 6.54 Å². The van der Waals surface area contributed by atoms with Crippen molar-refractivity contribution < 1.29 is 8.42 Å². The van der Waals surface area contributed by atoms with Crippen LogP contribution in [0.2, 0.25) is 0 Å². The number of nitrogens with one attached hydrogen (secondary N) is 1. The van der Waals surface area contributed by atoms with Gasteiger partial charge in [-0.05, 0) is 50.4 Å². The van der Waals surface area contributed by atoms with Crippen molar-refractivity contribution in [3.8, 4) is 0 Å². The van der Waals surface area contributed by atoms with Crippen LogP contribution in [0.3, 0.4) is 0 Å². The van der Waals surface area contributed by atoms with Crippen LogP contribution >= 0.6 is 0 Å². The summed E-state index contributed by atoms with van der Waals surface area (Å²) >= 11 is 0. The van der Waals surface area contributed by atoms with Gasteiger partial charge in [0.1, 0.15) is 0 Å². The number of nitrogens with zero attached hydrogens (tertiary/aromatic N) is 1. The van der Waals surface area contributed by atoms with Gasteiger partial charge in [-0.25, -0.2) is 8.42 Å². The summed E-state index contributed by atoms with van der Waals surface area (Å²) in [6, 6.07) is 8.11. The van der Waals surface area contributed by atoms with Gasteiger partial charge in [0.25, 0.3) is 0 Å². The molecule has 1 atom stereocenters. The molecule has 4 nitrogen and oxygen atoms in total. The zero-order valence-corrected chi connectivity index (χ0v) is 13.1. The van der Waals surface area contributed by atoms with Crippen molar-refractivity contribution in [1.29, 1.82) is 0 Å². The number of benzene rings is 1. The largest absolute Gasteiger partial charge is 0.310 e. The molecule has 0 aromatic heterocycles. The molecule has 1 saturated heterocycles. The molecule has 5 heteroatoms.